The molecule has 0 fully saturated rings. The van der Waals surface area contributed by atoms with E-state index in [1.54, 1.807) is 48.8 Å². The summed E-state index contributed by atoms with van der Waals surface area (Å²) in [7, 11) is 0. The molecular weight excluding hydrogens is 638 g/mol. The number of benzene rings is 4. The van der Waals surface area contributed by atoms with Gasteiger partial charge in [-0.25, -0.2) is 9.97 Å². The van der Waals surface area contributed by atoms with E-state index in [0.717, 1.165) is 0 Å². The van der Waals surface area contributed by atoms with E-state index in [4.69, 9.17) is 9.97 Å². The predicted octanol–water partition coefficient (Wildman–Crippen LogP) is 7.86. The molecule has 7 aromatic rings. The Bertz CT molecular complexity index is 2420. The summed E-state index contributed by atoms with van der Waals surface area (Å²) in [5.41, 5.74) is 3.81. The third-order valence-electron chi connectivity index (χ3n) is 7.57. The summed E-state index contributed by atoms with van der Waals surface area (Å²) in [5.74, 6) is -0.740. The van der Waals surface area contributed by atoms with Crippen LogP contribution in [0, 0.1) is 22.9 Å². The monoisotopic (exact) mass is 652 g/mol. The molecule has 1 aromatic heterocycles. The lowest BCUT2D eigenvalue weighted by molar-refractivity contribution is -0.275. The van der Waals surface area contributed by atoms with E-state index in [-0.39, 0.29) is 22.2 Å². The van der Waals surface area contributed by atoms with E-state index in [2.05, 4.69) is 19.5 Å². The third kappa shape index (κ3) is 5.45. The molecule has 6 aromatic carbocycles. The SMILES string of the molecule is N#CN=c1c2cc(-c3ccc(OC(F)(F)F)cc3)ccc2c2nc3c(=NC#N)c4cc(-c5ccc(OC(F)(F)F)cc5)ccc4c3nc12. The first-order valence-corrected chi connectivity index (χ1v) is 13.8. The van der Waals surface area contributed by atoms with Gasteiger partial charge in [0.1, 0.15) is 33.2 Å². The molecule has 48 heavy (non-hydrogen) atoms. The van der Waals surface area contributed by atoms with Crippen molar-refractivity contribution in [1.82, 2.24) is 9.97 Å². The molecule has 0 saturated carbocycles. The number of nitrogens with zero attached hydrogens (tertiary/aromatic N) is 6. The fourth-order valence-electron chi connectivity index (χ4n) is 5.67. The molecule has 1 heterocycles. The van der Waals surface area contributed by atoms with Crippen LogP contribution in [0.4, 0.5) is 26.3 Å². The molecule has 0 aliphatic rings. The van der Waals surface area contributed by atoms with E-state index in [0.29, 0.717) is 65.9 Å². The number of alkyl halides is 6. The quantitative estimate of drug-likeness (QED) is 0.141. The van der Waals surface area contributed by atoms with Gasteiger partial charge >= 0.3 is 12.7 Å². The van der Waals surface area contributed by atoms with Gasteiger partial charge in [-0.1, -0.05) is 48.5 Å². The van der Waals surface area contributed by atoms with Gasteiger partial charge in [-0.05, 0) is 58.7 Å². The minimum Gasteiger partial charge on any atom is -0.406 e. The van der Waals surface area contributed by atoms with Crippen LogP contribution < -0.4 is 20.2 Å². The molecule has 0 radical (unpaired) electrons. The molecule has 0 aliphatic heterocycles. The van der Waals surface area contributed by atoms with Gasteiger partial charge in [-0.15, -0.1) is 26.3 Å². The first-order chi connectivity index (χ1) is 22.9. The topological polar surface area (TPSA) is 117 Å². The molecular formula is C34H14F6N6O2. The van der Waals surface area contributed by atoms with Crippen molar-refractivity contribution < 1.29 is 35.8 Å². The zero-order chi connectivity index (χ0) is 33.8. The maximum absolute atomic E-state index is 12.6. The minimum absolute atomic E-state index is 0.238. The molecule has 8 nitrogen and oxygen atoms in total. The van der Waals surface area contributed by atoms with Crippen molar-refractivity contribution >= 4 is 43.6 Å². The zero-order valence-electron chi connectivity index (χ0n) is 23.9. The van der Waals surface area contributed by atoms with Crippen LogP contribution in [0.2, 0.25) is 0 Å². The van der Waals surface area contributed by atoms with Gasteiger partial charge < -0.3 is 9.47 Å². The maximum atomic E-state index is 12.6. The molecule has 0 aliphatic carbocycles. The van der Waals surface area contributed by atoms with Crippen LogP contribution in [0.5, 0.6) is 11.5 Å². The fraction of sp³-hybridized carbons (Fsp3) is 0.0588. The van der Waals surface area contributed by atoms with Crippen LogP contribution in [-0.2, 0) is 0 Å². The minimum atomic E-state index is -4.82. The summed E-state index contributed by atoms with van der Waals surface area (Å²) in [5, 5.41) is 21.8. The van der Waals surface area contributed by atoms with Crippen LogP contribution >= 0.6 is 0 Å². The molecule has 0 atom stereocenters. The summed E-state index contributed by atoms with van der Waals surface area (Å²) < 4.78 is 83.6. The van der Waals surface area contributed by atoms with Gasteiger partial charge in [0.2, 0.25) is 12.4 Å². The van der Waals surface area contributed by atoms with Crippen LogP contribution in [0.25, 0.3) is 65.9 Å². The molecule has 0 spiro atoms. The van der Waals surface area contributed by atoms with Gasteiger partial charge in [-0.3, -0.25) is 0 Å². The Morgan fingerprint density at radius 3 is 1.17 bits per heavy atom. The first kappa shape index (κ1) is 30.1. The number of rotatable bonds is 4. The van der Waals surface area contributed by atoms with Crippen LogP contribution in [-0.4, -0.2) is 22.7 Å². The Labute approximate surface area is 264 Å². The summed E-state index contributed by atoms with van der Waals surface area (Å²) in [6.07, 6.45) is -6.06. The van der Waals surface area contributed by atoms with E-state index in [1.165, 1.54) is 48.5 Å². The van der Waals surface area contributed by atoms with Crippen molar-refractivity contribution in [1.29, 1.82) is 10.5 Å². The summed E-state index contributed by atoms with van der Waals surface area (Å²) in [4.78, 5) is 17.7. The first-order valence-electron chi connectivity index (χ1n) is 13.8. The van der Waals surface area contributed by atoms with E-state index < -0.39 is 12.7 Å². The molecule has 0 unspecified atom stereocenters. The molecule has 234 valence electrons. The number of hydrogen-bond acceptors (Lipinski definition) is 8. The average molecular weight is 653 g/mol. The lowest BCUT2D eigenvalue weighted by atomic mass is 10.0. The summed E-state index contributed by atoms with van der Waals surface area (Å²) in [6, 6.07) is 21.1. The van der Waals surface area contributed by atoms with Gasteiger partial charge in [-0.2, -0.15) is 20.5 Å². The number of aromatic nitrogens is 2. The van der Waals surface area contributed by atoms with Gasteiger partial charge in [0, 0.05) is 21.5 Å². The lowest BCUT2D eigenvalue weighted by Crippen LogP contribution is -2.16. The maximum Gasteiger partial charge on any atom is 0.573 e. The highest BCUT2D eigenvalue weighted by Crippen LogP contribution is 2.34. The third-order valence-corrected chi connectivity index (χ3v) is 7.57. The van der Waals surface area contributed by atoms with E-state index >= 15 is 0 Å². The average Bonchev–Trinajstić information content (AvgIpc) is 3.50. The molecule has 0 saturated heterocycles. The number of ether oxygens (including phenoxy) is 2. The molecule has 0 N–H and O–H groups in total. The zero-order valence-corrected chi connectivity index (χ0v) is 23.9. The van der Waals surface area contributed by atoms with Crippen molar-refractivity contribution in [3.05, 3.63) is 95.6 Å². The Morgan fingerprint density at radius 1 is 0.479 bits per heavy atom. The second-order valence-electron chi connectivity index (χ2n) is 10.4. The summed E-state index contributed by atoms with van der Waals surface area (Å²) in [6.45, 7) is 0. The number of halogens is 6. The van der Waals surface area contributed by atoms with Crippen molar-refractivity contribution in [3.8, 4) is 46.1 Å². The smallest absolute Gasteiger partial charge is 0.406 e. The Balaban J connectivity index is 1.38. The second-order valence-corrected chi connectivity index (χ2v) is 10.4. The Kier molecular flexibility index (Phi) is 6.95. The van der Waals surface area contributed by atoms with Crippen molar-refractivity contribution in [3.63, 3.8) is 0 Å². The van der Waals surface area contributed by atoms with Crippen molar-refractivity contribution in [2.75, 3.05) is 0 Å². The number of hydrogen-bond donors (Lipinski definition) is 0. The molecule has 14 heteroatoms. The largest absolute Gasteiger partial charge is 0.573 e. The number of fused-ring (bicyclic) bond motifs is 6. The Hall–Kier alpha value is -6.54. The Morgan fingerprint density at radius 2 is 0.833 bits per heavy atom. The van der Waals surface area contributed by atoms with Gasteiger partial charge in [0.15, 0.2) is 0 Å². The summed E-state index contributed by atoms with van der Waals surface area (Å²) >= 11 is 0. The highest BCUT2D eigenvalue weighted by molar-refractivity contribution is 6.15. The van der Waals surface area contributed by atoms with Gasteiger partial charge in [0.05, 0.1) is 11.0 Å². The van der Waals surface area contributed by atoms with Crippen LogP contribution in [0.1, 0.15) is 0 Å². The van der Waals surface area contributed by atoms with Crippen LogP contribution in [0.3, 0.4) is 0 Å². The normalized spacial score (nSPS) is 13.0. The highest BCUT2D eigenvalue weighted by atomic mass is 19.4. The van der Waals surface area contributed by atoms with Crippen molar-refractivity contribution in [2.45, 2.75) is 12.7 Å². The molecule has 0 amide bonds. The van der Waals surface area contributed by atoms with E-state index in [1.807, 2.05) is 0 Å². The van der Waals surface area contributed by atoms with Crippen LogP contribution in [0.15, 0.2) is 94.9 Å². The standard InChI is InChI=1S/C34H14F6N6O2/c35-33(36,37)47-21-7-1-17(2-8-21)19-5-11-23-25(13-19)27(43-15-41)31-29(23)45-32-28(44-16-42)26-14-20(6-12-24(26)30(32)46-31)18-3-9-22(10-4-18)48-34(38,39)40/h1-14H. The lowest BCUT2D eigenvalue weighted by Gasteiger charge is -2.09. The molecule has 7 rings (SSSR count). The highest BCUT2D eigenvalue weighted by Gasteiger charge is 2.31. The second kappa shape index (κ2) is 11.1. The molecule has 0 bridgehead atoms. The fourth-order valence-corrected chi connectivity index (χ4v) is 5.67. The van der Waals surface area contributed by atoms with E-state index in [9.17, 15) is 36.9 Å². The van der Waals surface area contributed by atoms with Crippen molar-refractivity contribution in [2.24, 2.45) is 9.98 Å². The van der Waals surface area contributed by atoms with Gasteiger partial charge in [0.25, 0.3) is 0 Å². The number of nitriles is 2. The predicted molar refractivity (Wildman–Crippen MR) is 161 cm³/mol.